The van der Waals surface area contributed by atoms with E-state index in [4.69, 9.17) is 4.42 Å². The standard InChI is InChI=1S/C19H26N2O3/c22-18(20-10-16-5-2-8-24-16)9-17-14-3-1-4-15(17)12-21(11-14)19(23)13-6-7-13/h2,5,8,13-15,17H,1,3-4,6-7,9-12H2,(H,20,22). The van der Waals surface area contributed by atoms with Gasteiger partial charge in [0.2, 0.25) is 11.8 Å². The summed E-state index contributed by atoms with van der Waals surface area (Å²) in [6.07, 6.45) is 7.90. The minimum absolute atomic E-state index is 0.107. The van der Waals surface area contributed by atoms with Crippen LogP contribution in [0.25, 0.3) is 0 Å². The van der Waals surface area contributed by atoms with Crippen LogP contribution in [0.2, 0.25) is 0 Å². The molecule has 4 rings (SSSR count). The van der Waals surface area contributed by atoms with E-state index in [9.17, 15) is 9.59 Å². The molecule has 1 aromatic rings. The van der Waals surface area contributed by atoms with Gasteiger partial charge >= 0.3 is 0 Å². The third-order valence-electron chi connectivity index (χ3n) is 5.97. The maximum atomic E-state index is 12.4. The summed E-state index contributed by atoms with van der Waals surface area (Å²) in [5.41, 5.74) is 0. The molecule has 3 aliphatic rings. The highest BCUT2D eigenvalue weighted by atomic mass is 16.3. The Balaban J connectivity index is 1.33. The van der Waals surface area contributed by atoms with E-state index in [1.54, 1.807) is 6.26 Å². The van der Waals surface area contributed by atoms with Crippen LogP contribution in [-0.4, -0.2) is 29.8 Å². The van der Waals surface area contributed by atoms with E-state index >= 15 is 0 Å². The van der Waals surface area contributed by atoms with Gasteiger partial charge in [-0.25, -0.2) is 0 Å². The average Bonchev–Trinajstić information content (AvgIpc) is 3.28. The van der Waals surface area contributed by atoms with Crippen molar-refractivity contribution >= 4 is 11.8 Å². The normalized spacial score (nSPS) is 29.3. The summed E-state index contributed by atoms with van der Waals surface area (Å²) in [7, 11) is 0. The predicted octanol–water partition coefficient (Wildman–Crippen LogP) is 2.57. The van der Waals surface area contributed by atoms with Crippen LogP contribution < -0.4 is 5.32 Å². The van der Waals surface area contributed by atoms with Gasteiger partial charge < -0.3 is 14.6 Å². The van der Waals surface area contributed by atoms with Crippen molar-refractivity contribution < 1.29 is 14.0 Å². The lowest BCUT2D eigenvalue weighted by atomic mass is 9.67. The van der Waals surface area contributed by atoms with Crippen LogP contribution in [0.5, 0.6) is 0 Å². The van der Waals surface area contributed by atoms with Crippen LogP contribution in [0.3, 0.4) is 0 Å². The van der Waals surface area contributed by atoms with E-state index < -0.39 is 0 Å². The van der Waals surface area contributed by atoms with E-state index in [0.717, 1.165) is 44.5 Å². The lowest BCUT2D eigenvalue weighted by molar-refractivity contribution is -0.139. The summed E-state index contributed by atoms with van der Waals surface area (Å²) in [5, 5.41) is 2.97. The van der Waals surface area contributed by atoms with Crippen LogP contribution >= 0.6 is 0 Å². The van der Waals surface area contributed by atoms with Crippen molar-refractivity contribution in [2.45, 2.75) is 45.1 Å². The second-order valence-corrected chi connectivity index (χ2v) is 7.69. The number of carbonyl (C=O) groups is 2. The summed E-state index contributed by atoms with van der Waals surface area (Å²) >= 11 is 0. The van der Waals surface area contributed by atoms with E-state index in [1.807, 2.05) is 12.1 Å². The molecule has 0 spiro atoms. The van der Waals surface area contributed by atoms with Gasteiger partial charge in [-0.15, -0.1) is 0 Å². The maximum Gasteiger partial charge on any atom is 0.225 e. The SMILES string of the molecule is O=C(CC1C2CCCC1CN(C(=O)C1CC1)C2)NCc1ccco1. The van der Waals surface area contributed by atoms with E-state index in [1.165, 1.54) is 6.42 Å². The number of rotatable bonds is 5. The van der Waals surface area contributed by atoms with Crippen LogP contribution in [-0.2, 0) is 16.1 Å². The molecular formula is C19H26N2O3. The number of fused-ring (bicyclic) bond motifs is 2. The van der Waals surface area contributed by atoms with Crippen molar-refractivity contribution in [1.82, 2.24) is 10.2 Å². The molecule has 5 nitrogen and oxygen atoms in total. The van der Waals surface area contributed by atoms with Gasteiger partial charge in [0.15, 0.2) is 0 Å². The fraction of sp³-hybridized carbons (Fsp3) is 0.684. The first-order valence-electron chi connectivity index (χ1n) is 9.28. The van der Waals surface area contributed by atoms with Crippen molar-refractivity contribution in [2.75, 3.05) is 13.1 Å². The summed E-state index contributed by atoms with van der Waals surface area (Å²) in [4.78, 5) is 26.8. The number of hydrogen-bond donors (Lipinski definition) is 1. The number of amides is 2. The van der Waals surface area contributed by atoms with Crippen LogP contribution in [0, 0.1) is 23.7 Å². The highest BCUT2D eigenvalue weighted by Gasteiger charge is 2.44. The second kappa shape index (κ2) is 6.61. The quantitative estimate of drug-likeness (QED) is 0.902. The Hall–Kier alpha value is -1.78. The molecule has 130 valence electrons. The first-order chi connectivity index (χ1) is 11.7. The van der Waals surface area contributed by atoms with Gasteiger partial charge in [0.05, 0.1) is 12.8 Å². The molecule has 0 radical (unpaired) electrons. The smallest absolute Gasteiger partial charge is 0.225 e. The van der Waals surface area contributed by atoms with E-state index in [-0.39, 0.29) is 5.91 Å². The van der Waals surface area contributed by atoms with Gasteiger partial charge in [0.25, 0.3) is 0 Å². The zero-order chi connectivity index (χ0) is 16.5. The van der Waals surface area contributed by atoms with Gasteiger partial charge in [-0.2, -0.15) is 0 Å². The van der Waals surface area contributed by atoms with Crippen molar-refractivity contribution in [2.24, 2.45) is 23.7 Å². The molecule has 2 aliphatic carbocycles. The van der Waals surface area contributed by atoms with Gasteiger partial charge in [-0.3, -0.25) is 9.59 Å². The number of furan rings is 1. The fourth-order valence-corrected chi connectivity index (χ4v) is 4.54. The molecule has 1 N–H and O–H groups in total. The molecule has 0 aromatic carbocycles. The minimum Gasteiger partial charge on any atom is -0.467 e. The Labute approximate surface area is 142 Å². The highest BCUT2D eigenvalue weighted by Crippen LogP contribution is 2.43. The predicted molar refractivity (Wildman–Crippen MR) is 88.8 cm³/mol. The molecule has 5 heteroatoms. The lowest BCUT2D eigenvalue weighted by Gasteiger charge is -2.47. The molecule has 1 aromatic heterocycles. The van der Waals surface area contributed by atoms with Gasteiger partial charge in [-0.05, 0) is 55.6 Å². The Kier molecular flexibility index (Phi) is 4.33. The Morgan fingerprint density at radius 1 is 1.17 bits per heavy atom. The first kappa shape index (κ1) is 15.7. The van der Waals surface area contributed by atoms with Crippen LogP contribution in [0.4, 0.5) is 0 Å². The zero-order valence-corrected chi connectivity index (χ0v) is 14.1. The van der Waals surface area contributed by atoms with Crippen LogP contribution in [0.15, 0.2) is 22.8 Å². The fourth-order valence-electron chi connectivity index (χ4n) is 4.54. The number of nitrogens with zero attached hydrogens (tertiary/aromatic N) is 1. The molecule has 3 fully saturated rings. The average molecular weight is 330 g/mol. The Morgan fingerprint density at radius 3 is 2.54 bits per heavy atom. The summed E-state index contributed by atoms with van der Waals surface area (Å²) in [6.45, 7) is 2.18. The summed E-state index contributed by atoms with van der Waals surface area (Å²) in [5.74, 6) is 2.98. The molecule has 2 bridgehead atoms. The van der Waals surface area contributed by atoms with Crippen molar-refractivity contribution in [3.8, 4) is 0 Å². The maximum absolute atomic E-state index is 12.4. The third kappa shape index (κ3) is 3.35. The molecule has 1 aliphatic heterocycles. The molecule has 2 saturated carbocycles. The largest absolute Gasteiger partial charge is 0.467 e. The summed E-state index contributed by atoms with van der Waals surface area (Å²) < 4.78 is 5.26. The minimum atomic E-state index is 0.107. The lowest BCUT2D eigenvalue weighted by Crippen LogP contribution is -2.52. The molecule has 2 amide bonds. The zero-order valence-electron chi connectivity index (χ0n) is 14.1. The first-order valence-corrected chi connectivity index (χ1v) is 9.28. The number of carbonyl (C=O) groups excluding carboxylic acids is 2. The number of hydrogen-bond acceptors (Lipinski definition) is 3. The molecular weight excluding hydrogens is 304 g/mol. The molecule has 1 saturated heterocycles. The highest BCUT2D eigenvalue weighted by molar-refractivity contribution is 5.81. The number of piperidine rings is 1. The number of likely N-dealkylation sites (tertiary alicyclic amines) is 1. The van der Waals surface area contributed by atoms with E-state index in [2.05, 4.69) is 10.2 Å². The van der Waals surface area contributed by atoms with Gasteiger partial charge in [0.1, 0.15) is 5.76 Å². The van der Waals surface area contributed by atoms with Crippen molar-refractivity contribution in [3.63, 3.8) is 0 Å². The molecule has 2 atom stereocenters. The van der Waals surface area contributed by atoms with Crippen molar-refractivity contribution in [1.29, 1.82) is 0 Å². The Bertz CT molecular complexity index is 580. The molecule has 2 unspecified atom stereocenters. The van der Waals surface area contributed by atoms with Crippen molar-refractivity contribution in [3.05, 3.63) is 24.2 Å². The topological polar surface area (TPSA) is 62.6 Å². The second-order valence-electron chi connectivity index (χ2n) is 7.69. The number of nitrogens with one attached hydrogen (secondary N) is 1. The van der Waals surface area contributed by atoms with Gasteiger partial charge in [0, 0.05) is 25.4 Å². The van der Waals surface area contributed by atoms with E-state index in [0.29, 0.717) is 42.5 Å². The van der Waals surface area contributed by atoms with Crippen LogP contribution in [0.1, 0.15) is 44.3 Å². The summed E-state index contributed by atoms with van der Waals surface area (Å²) in [6, 6.07) is 3.70. The monoisotopic (exact) mass is 330 g/mol. The third-order valence-corrected chi connectivity index (χ3v) is 5.97. The molecule has 2 heterocycles. The molecule has 24 heavy (non-hydrogen) atoms. The Morgan fingerprint density at radius 2 is 1.92 bits per heavy atom. The van der Waals surface area contributed by atoms with Gasteiger partial charge in [-0.1, -0.05) is 6.42 Å².